The van der Waals surface area contributed by atoms with Crippen molar-refractivity contribution in [3.05, 3.63) is 49.8 Å². The van der Waals surface area contributed by atoms with Crippen LogP contribution >= 0.6 is 27.3 Å². The van der Waals surface area contributed by atoms with Crippen LogP contribution in [0.1, 0.15) is 4.88 Å². The molecular formula is C14H12BrN3O5S. The van der Waals surface area contributed by atoms with E-state index in [-0.39, 0.29) is 11.6 Å². The fraction of sp³-hybridized carbons (Fsp3) is 0.143. The quantitative estimate of drug-likeness (QED) is 0.426. The predicted molar refractivity (Wildman–Crippen MR) is 92.9 cm³/mol. The third-order valence-electron chi connectivity index (χ3n) is 2.67. The Morgan fingerprint density at radius 3 is 2.88 bits per heavy atom. The first kappa shape index (κ1) is 17.9. The lowest BCUT2D eigenvalue weighted by Crippen LogP contribution is -2.24. The monoisotopic (exact) mass is 413 g/mol. The third-order valence-corrected chi connectivity index (χ3v) is 4.26. The molecular weight excluding hydrogens is 402 g/mol. The lowest BCUT2D eigenvalue weighted by atomic mass is 10.3. The molecule has 0 saturated heterocycles. The molecule has 1 aromatic heterocycles. The number of hydrazone groups is 1. The van der Waals surface area contributed by atoms with Crippen LogP contribution in [0.3, 0.4) is 0 Å². The summed E-state index contributed by atoms with van der Waals surface area (Å²) in [6.07, 6.45) is 1.33. The highest BCUT2D eigenvalue weighted by Crippen LogP contribution is 2.29. The number of carbonyl (C=O) groups excluding carboxylic acids is 1. The number of rotatable bonds is 7. The number of methoxy groups -OCH3 is 1. The van der Waals surface area contributed by atoms with Crippen molar-refractivity contribution in [1.29, 1.82) is 0 Å². The van der Waals surface area contributed by atoms with Crippen LogP contribution in [-0.2, 0) is 4.79 Å². The van der Waals surface area contributed by atoms with Crippen LogP contribution in [0.2, 0.25) is 0 Å². The first-order valence-corrected chi connectivity index (χ1v) is 8.13. The molecule has 126 valence electrons. The molecule has 0 saturated carbocycles. The van der Waals surface area contributed by atoms with Gasteiger partial charge in [-0.15, -0.1) is 0 Å². The number of hydrogen-bond donors (Lipinski definition) is 1. The zero-order chi connectivity index (χ0) is 17.5. The lowest BCUT2D eigenvalue weighted by molar-refractivity contribution is -0.380. The van der Waals surface area contributed by atoms with E-state index in [1.165, 1.54) is 12.3 Å². The number of amides is 1. The predicted octanol–water partition coefficient (Wildman–Crippen LogP) is 2.96. The summed E-state index contributed by atoms with van der Waals surface area (Å²) < 4.78 is 11.1. The van der Waals surface area contributed by atoms with Crippen LogP contribution in [0.4, 0.5) is 5.00 Å². The summed E-state index contributed by atoms with van der Waals surface area (Å²) in [5, 5.41) is 14.3. The maximum absolute atomic E-state index is 11.7. The number of halogens is 1. The van der Waals surface area contributed by atoms with E-state index in [2.05, 4.69) is 26.5 Å². The van der Waals surface area contributed by atoms with Gasteiger partial charge in [-0.05, 0) is 40.2 Å². The highest BCUT2D eigenvalue weighted by molar-refractivity contribution is 9.10. The molecule has 24 heavy (non-hydrogen) atoms. The minimum Gasteiger partial charge on any atom is -0.497 e. The van der Waals surface area contributed by atoms with E-state index in [4.69, 9.17) is 9.47 Å². The maximum Gasteiger partial charge on any atom is 0.324 e. The fourth-order valence-corrected chi connectivity index (χ4v) is 2.74. The zero-order valence-corrected chi connectivity index (χ0v) is 14.8. The Morgan fingerprint density at radius 2 is 2.25 bits per heavy atom. The van der Waals surface area contributed by atoms with Crippen LogP contribution in [0.5, 0.6) is 11.5 Å². The molecule has 1 heterocycles. The van der Waals surface area contributed by atoms with Crippen LogP contribution in [-0.4, -0.2) is 30.8 Å². The molecule has 1 aromatic carbocycles. The van der Waals surface area contributed by atoms with E-state index in [0.717, 1.165) is 11.3 Å². The van der Waals surface area contributed by atoms with Crippen LogP contribution in [0.15, 0.2) is 39.9 Å². The molecule has 8 nitrogen and oxygen atoms in total. The van der Waals surface area contributed by atoms with Gasteiger partial charge in [0.05, 0.1) is 27.6 Å². The smallest absolute Gasteiger partial charge is 0.324 e. The number of nitrogens with one attached hydrogen (secondary N) is 1. The van der Waals surface area contributed by atoms with Crippen LogP contribution < -0.4 is 14.9 Å². The van der Waals surface area contributed by atoms with Gasteiger partial charge in [-0.1, -0.05) is 11.3 Å². The third kappa shape index (κ3) is 5.03. The van der Waals surface area contributed by atoms with Crippen molar-refractivity contribution in [2.75, 3.05) is 13.7 Å². The Morgan fingerprint density at radius 1 is 1.46 bits per heavy atom. The van der Waals surface area contributed by atoms with Crippen molar-refractivity contribution in [2.45, 2.75) is 0 Å². The van der Waals surface area contributed by atoms with Gasteiger partial charge >= 0.3 is 5.00 Å². The standard InChI is InChI=1S/C14H12BrN3O5S/c1-22-9-2-4-12(11(15)6-9)23-8-13(19)17-16-7-10-3-5-14(24-10)18(20)21/h2-7H,8H2,1H3,(H,17,19)/b16-7-. The summed E-state index contributed by atoms with van der Waals surface area (Å²) in [4.78, 5) is 22.3. The number of nitrogens with zero attached hydrogens (tertiary/aromatic N) is 2. The average molecular weight is 414 g/mol. The molecule has 0 aliphatic rings. The highest BCUT2D eigenvalue weighted by atomic mass is 79.9. The number of benzene rings is 1. The minimum atomic E-state index is -0.485. The molecule has 2 rings (SSSR count). The molecule has 0 spiro atoms. The van der Waals surface area contributed by atoms with Crippen LogP contribution in [0.25, 0.3) is 0 Å². The molecule has 0 radical (unpaired) electrons. The molecule has 0 aliphatic heterocycles. The van der Waals surface area contributed by atoms with E-state index in [1.807, 2.05) is 0 Å². The normalized spacial score (nSPS) is 10.6. The Hall–Kier alpha value is -2.46. The van der Waals surface area contributed by atoms with E-state index in [9.17, 15) is 14.9 Å². The van der Waals surface area contributed by atoms with Gasteiger partial charge in [0.1, 0.15) is 11.5 Å². The van der Waals surface area contributed by atoms with Gasteiger partial charge in [0.25, 0.3) is 5.91 Å². The van der Waals surface area contributed by atoms with Gasteiger partial charge in [0.15, 0.2) is 6.61 Å². The largest absolute Gasteiger partial charge is 0.497 e. The first-order chi connectivity index (χ1) is 11.5. The molecule has 0 bridgehead atoms. The fourth-order valence-electron chi connectivity index (χ4n) is 1.58. The second kappa shape index (κ2) is 8.41. The summed E-state index contributed by atoms with van der Waals surface area (Å²) in [5.41, 5.74) is 2.28. The summed E-state index contributed by atoms with van der Waals surface area (Å²) in [5.74, 6) is 0.692. The molecule has 10 heteroatoms. The molecule has 0 fully saturated rings. The van der Waals surface area contributed by atoms with E-state index < -0.39 is 10.8 Å². The minimum absolute atomic E-state index is 0.00969. The number of nitro groups is 1. The molecule has 0 atom stereocenters. The molecule has 0 unspecified atom stereocenters. The topological polar surface area (TPSA) is 103 Å². The van der Waals surface area contributed by atoms with Gasteiger partial charge in [0, 0.05) is 6.07 Å². The summed E-state index contributed by atoms with van der Waals surface area (Å²) >= 11 is 4.27. The number of hydrogen-bond acceptors (Lipinski definition) is 7. The van der Waals surface area contributed by atoms with Gasteiger partial charge in [-0.25, -0.2) is 5.43 Å². The Balaban J connectivity index is 1.82. The SMILES string of the molecule is COc1ccc(OCC(=O)N/N=C\c2ccc([N+](=O)[O-])s2)c(Br)c1. The first-order valence-electron chi connectivity index (χ1n) is 6.52. The average Bonchev–Trinajstić information content (AvgIpc) is 3.02. The van der Waals surface area contributed by atoms with Crippen LogP contribution in [0, 0.1) is 10.1 Å². The molecule has 1 N–H and O–H groups in total. The number of ether oxygens (including phenoxy) is 2. The van der Waals surface area contributed by atoms with Crippen molar-refractivity contribution in [3.8, 4) is 11.5 Å². The van der Waals surface area contributed by atoms with Gasteiger partial charge < -0.3 is 9.47 Å². The maximum atomic E-state index is 11.7. The second-order valence-corrected chi connectivity index (χ2v) is 6.26. The molecule has 0 aliphatic carbocycles. The Bertz CT molecular complexity index is 778. The Kier molecular flexibility index (Phi) is 6.27. The van der Waals surface area contributed by atoms with Crippen molar-refractivity contribution >= 4 is 44.4 Å². The number of thiophene rings is 1. The molecule has 2 aromatic rings. The van der Waals surface area contributed by atoms with E-state index in [0.29, 0.717) is 20.8 Å². The van der Waals surface area contributed by atoms with E-state index >= 15 is 0 Å². The van der Waals surface area contributed by atoms with Gasteiger partial charge in [0.2, 0.25) is 0 Å². The van der Waals surface area contributed by atoms with Crippen molar-refractivity contribution < 1.29 is 19.2 Å². The zero-order valence-electron chi connectivity index (χ0n) is 12.4. The Labute approximate surface area is 149 Å². The highest BCUT2D eigenvalue weighted by Gasteiger charge is 2.09. The summed E-state index contributed by atoms with van der Waals surface area (Å²) in [7, 11) is 1.55. The van der Waals surface area contributed by atoms with Gasteiger partial charge in [-0.3, -0.25) is 14.9 Å². The lowest BCUT2D eigenvalue weighted by Gasteiger charge is -2.08. The summed E-state index contributed by atoms with van der Waals surface area (Å²) in [6.45, 7) is -0.229. The second-order valence-electron chi connectivity index (χ2n) is 4.31. The van der Waals surface area contributed by atoms with E-state index in [1.54, 1.807) is 31.4 Å². The van der Waals surface area contributed by atoms with Crippen molar-refractivity contribution in [1.82, 2.24) is 5.43 Å². The van der Waals surface area contributed by atoms with Crippen molar-refractivity contribution in [2.24, 2.45) is 5.10 Å². The van der Waals surface area contributed by atoms with Gasteiger partial charge in [-0.2, -0.15) is 5.10 Å². The summed E-state index contributed by atoms with van der Waals surface area (Å²) in [6, 6.07) is 8.01. The molecule has 1 amide bonds. The van der Waals surface area contributed by atoms with Crippen molar-refractivity contribution in [3.63, 3.8) is 0 Å². The number of carbonyl (C=O) groups is 1.